The zero-order valence-corrected chi connectivity index (χ0v) is 23.8. The number of hydrogen-bond acceptors (Lipinski definition) is 11. The number of carbonyl (C=O) groups is 1. The summed E-state index contributed by atoms with van der Waals surface area (Å²) in [7, 11) is 0. The third-order valence-corrected chi connectivity index (χ3v) is 7.28. The van der Waals surface area contributed by atoms with Gasteiger partial charge in [0.2, 0.25) is 0 Å². The lowest BCUT2D eigenvalue weighted by atomic mass is 9.84. The van der Waals surface area contributed by atoms with Crippen LogP contribution in [0.3, 0.4) is 0 Å². The topological polar surface area (TPSA) is 168 Å². The highest BCUT2D eigenvalue weighted by molar-refractivity contribution is 5.81. The first-order chi connectivity index (χ1) is 20.9. The smallest absolute Gasteiger partial charge is 0.431 e. The van der Waals surface area contributed by atoms with Gasteiger partial charge in [-0.3, -0.25) is 4.98 Å². The van der Waals surface area contributed by atoms with Gasteiger partial charge >= 0.3 is 6.16 Å². The lowest BCUT2D eigenvalue weighted by Gasteiger charge is -2.44. The van der Waals surface area contributed by atoms with Crippen LogP contribution in [-0.4, -0.2) is 73.0 Å². The molecule has 1 aliphatic heterocycles. The fourth-order valence-electron chi connectivity index (χ4n) is 5.17. The summed E-state index contributed by atoms with van der Waals surface area (Å²) >= 11 is 0. The van der Waals surface area contributed by atoms with E-state index in [1.54, 1.807) is 23.3 Å². The molecule has 0 aliphatic carbocycles. The summed E-state index contributed by atoms with van der Waals surface area (Å²) in [6.45, 7) is 3.51. The van der Waals surface area contributed by atoms with Crippen molar-refractivity contribution in [3.8, 4) is 17.0 Å². The summed E-state index contributed by atoms with van der Waals surface area (Å²) in [5.74, 6) is -2.47. The number of benzene rings is 1. The number of piperidine rings is 1. The monoisotopic (exact) mass is 618 g/mol. The van der Waals surface area contributed by atoms with Gasteiger partial charge in [0.25, 0.3) is 6.43 Å². The molecule has 4 heterocycles. The number of pyridine rings is 1. The van der Waals surface area contributed by atoms with Crippen LogP contribution in [0.4, 0.5) is 33.9 Å². The van der Waals surface area contributed by atoms with Crippen LogP contribution in [0.2, 0.25) is 0 Å². The van der Waals surface area contributed by atoms with Gasteiger partial charge in [-0.1, -0.05) is 0 Å². The van der Waals surface area contributed by atoms with Gasteiger partial charge < -0.3 is 35.5 Å². The van der Waals surface area contributed by atoms with E-state index in [1.165, 1.54) is 24.9 Å². The van der Waals surface area contributed by atoms with Gasteiger partial charge in [-0.05, 0) is 44.4 Å². The first-order valence-corrected chi connectivity index (χ1v) is 13.6. The van der Waals surface area contributed by atoms with Crippen molar-refractivity contribution in [3.63, 3.8) is 0 Å². The Hall–Kier alpha value is -4.57. The highest BCUT2D eigenvalue weighted by Crippen LogP contribution is 2.35. The highest BCUT2D eigenvalue weighted by atomic mass is 19.3. The van der Waals surface area contributed by atoms with Crippen molar-refractivity contribution >= 4 is 28.8 Å². The number of anilines is 2. The molecule has 1 aliphatic rings. The second kappa shape index (κ2) is 12.2. The number of fused-ring (bicyclic) bond motifs is 1. The quantitative estimate of drug-likeness (QED) is 0.150. The van der Waals surface area contributed by atoms with E-state index in [9.17, 15) is 23.1 Å². The van der Waals surface area contributed by atoms with E-state index in [0.29, 0.717) is 41.4 Å². The minimum atomic E-state index is -3.04. The van der Waals surface area contributed by atoms with E-state index in [0.717, 1.165) is 6.07 Å². The highest BCUT2D eigenvalue weighted by Gasteiger charge is 2.43. The molecule has 12 nitrogen and oxygen atoms in total. The maximum absolute atomic E-state index is 15.3. The number of alkyl halides is 2. The zero-order chi connectivity index (χ0) is 31.8. The fraction of sp³-hybridized carbons (Fsp3) is 0.393. The third kappa shape index (κ3) is 6.21. The predicted octanol–water partition coefficient (Wildman–Crippen LogP) is 3.64. The van der Waals surface area contributed by atoms with Crippen LogP contribution in [0.5, 0.6) is 5.75 Å². The van der Waals surface area contributed by atoms with Crippen LogP contribution >= 0.6 is 0 Å². The molecule has 5 N–H and O–H groups in total. The molecule has 1 saturated heterocycles. The predicted molar refractivity (Wildman–Crippen MR) is 151 cm³/mol. The summed E-state index contributed by atoms with van der Waals surface area (Å²) in [4.78, 5) is 30.3. The van der Waals surface area contributed by atoms with Crippen molar-refractivity contribution in [1.82, 2.24) is 24.5 Å². The van der Waals surface area contributed by atoms with Crippen LogP contribution in [-0.2, 0) is 11.3 Å². The Balaban J connectivity index is 1.55. The Kier molecular flexibility index (Phi) is 8.56. The van der Waals surface area contributed by atoms with Crippen molar-refractivity contribution < 1.29 is 36.9 Å². The number of imidazole rings is 1. The number of nitrogens with zero attached hydrogens (tertiary/aromatic N) is 6. The molecular weight excluding hydrogens is 588 g/mol. The Morgan fingerprint density at radius 3 is 2.64 bits per heavy atom. The Bertz CT molecular complexity index is 1690. The zero-order valence-electron chi connectivity index (χ0n) is 23.8. The fourth-order valence-corrected chi connectivity index (χ4v) is 5.17. The van der Waals surface area contributed by atoms with Crippen molar-refractivity contribution in [2.45, 2.75) is 57.4 Å². The van der Waals surface area contributed by atoms with Crippen LogP contribution in [0.25, 0.3) is 22.4 Å². The SMILES string of the molecule is CC(C)OC(=O)Oc1cc(F)c(-c2cc(Cn3cnc4c(N)ncnc43)c(N3CCC[C@](N)([C@H](O)C(F)F)C3)cn2)cc1F. The van der Waals surface area contributed by atoms with Gasteiger partial charge in [-0.15, -0.1) is 0 Å². The second-order valence-corrected chi connectivity index (χ2v) is 10.8. The van der Waals surface area contributed by atoms with Gasteiger partial charge in [0.05, 0.1) is 42.1 Å². The first-order valence-electron chi connectivity index (χ1n) is 13.6. The molecule has 4 aromatic rings. The number of carbonyl (C=O) groups excluding carboxylic acids is 1. The lowest BCUT2D eigenvalue weighted by Crippen LogP contribution is -2.63. The third-order valence-electron chi connectivity index (χ3n) is 7.28. The van der Waals surface area contributed by atoms with Crippen LogP contribution < -0.4 is 21.1 Å². The molecule has 2 atom stereocenters. The number of nitrogen functional groups attached to an aromatic ring is 1. The maximum atomic E-state index is 15.3. The van der Waals surface area contributed by atoms with Crippen molar-refractivity contribution in [2.75, 3.05) is 23.7 Å². The molecule has 1 aromatic carbocycles. The molecule has 0 unspecified atom stereocenters. The largest absolute Gasteiger partial charge is 0.514 e. The molecule has 3 aromatic heterocycles. The van der Waals surface area contributed by atoms with E-state index in [-0.39, 0.29) is 36.6 Å². The molecule has 234 valence electrons. The normalized spacial score (nSPS) is 17.8. The number of aliphatic hydroxyl groups excluding tert-OH is 1. The van der Waals surface area contributed by atoms with E-state index >= 15 is 4.39 Å². The molecule has 16 heteroatoms. The Morgan fingerprint density at radius 1 is 1.14 bits per heavy atom. The van der Waals surface area contributed by atoms with Crippen LogP contribution in [0.15, 0.2) is 37.1 Å². The van der Waals surface area contributed by atoms with E-state index in [4.69, 9.17) is 20.9 Å². The summed E-state index contributed by atoms with van der Waals surface area (Å²) in [5, 5.41) is 10.2. The molecular formula is C28H30F4N8O4. The lowest BCUT2D eigenvalue weighted by molar-refractivity contribution is -0.0529. The number of aromatic nitrogens is 5. The molecule has 0 radical (unpaired) electrons. The molecule has 5 rings (SSSR count). The average molecular weight is 619 g/mol. The second-order valence-electron chi connectivity index (χ2n) is 10.8. The molecule has 44 heavy (non-hydrogen) atoms. The summed E-state index contributed by atoms with van der Waals surface area (Å²) in [5.41, 5.74) is 12.1. The summed E-state index contributed by atoms with van der Waals surface area (Å²) in [6, 6.07) is 3.06. The summed E-state index contributed by atoms with van der Waals surface area (Å²) in [6.07, 6.45) is -2.11. The van der Waals surface area contributed by atoms with Gasteiger partial charge in [0.1, 0.15) is 23.8 Å². The van der Waals surface area contributed by atoms with E-state index in [2.05, 4.69) is 19.9 Å². The molecule has 0 amide bonds. The molecule has 1 fully saturated rings. The van der Waals surface area contributed by atoms with Crippen LogP contribution in [0.1, 0.15) is 32.3 Å². The van der Waals surface area contributed by atoms with Crippen molar-refractivity contribution in [3.05, 3.63) is 54.2 Å². The average Bonchev–Trinajstić information content (AvgIpc) is 3.37. The number of halogens is 4. The van der Waals surface area contributed by atoms with Gasteiger partial charge in [0, 0.05) is 24.7 Å². The van der Waals surface area contributed by atoms with Gasteiger partial charge in [0.15, 0.2) is 23.0 Å². The number of hydrogen-bond donors (Lipinski definition) is 3. The number of ether oxygens (including phenoxy) is 2. The van der Waals surface area contributed by atoms with Crippen LogP contribution in [0, 0.1) is 11.6 Å². The maximum Gasteiger partial charge on any atom is 0.514 e. The van der Waals surface area contributed by atoms with Crippen molar-refractivity contribution in [1.29, 1.82) is 0 Å². The van der Waals surface area contributed by atoms with E-state index < -0.39 is 47.7 Å². The molecule has 0 saturated carbocycles. The molecule has 0 bridgehead atoms. The Morgan fingerprint density at radius 2 is 1.91 bits per heavy atom. The van der Waals surface area contributed by atoms with Gasteiger partial charge in [-0.25, -0.2) is 37.3 Å². The van der Waals surface area contributed by atoms with E-state index in [1.807, 2.05) is 0 Å². The number of nitrogens with two attached hydrogens (primary N) is 2. The summed E-state index contributed by atoms with van der Waals surface area (Å²) < 4.78 is 68.5. The minimum absolute atomic E-state index is 0.0265. The van der Waals surface area contributed by atoms with Gasteiger partial charge in [-0.2, -0.15) is 0 Å². The standard InChI is InChI=1S/C28H30F4N8O4/c1-14(2)43-27(42)44-21-8-17(29)16(7-18(21)30)19-6-15(10-40-13-38-22-25(33)36-12-37-26(22)40)20(9-35-19)39-5-3-4-28(34,11-39)23(41)24(31)32/h6-9,12-14,23-24,41H,3-5,10-11,34H2,1-2H3,(H2,33,36,37)/t23-,28-/m1/s1. The first kappa shape index (κ1) is 30.9. The number of rotatable bonds is 8. The van der Waals surface area contributed by atoms with Crippen molar-refractivity contribution in [2.24, 2.45) is 5.73 Å². The molecule has 0 spiro atoms. The minimum Gasteiger partial charge on any atom is -0.431 e. The Labute approximate surface area is 248 Å². The number of aliphatic hydroxyl groups is 1.